The lowest BCUT2D eigenvalue weighted by Crippen LogP contribution is -2.32. The Kier molecular flexibility index (Phi) is 5.73. The molecule has 0 heterocycles. The third kappa shape index (κ3) is 4.93. The van der Waals surface area contributed by atoms with E-state index in [1.54, 1.807) is 0 Å². The lowest BCUT2D eigenvalue weighted by Gasteiger charge is -2.27. The Balaban J connectivity index is 2.62. The minimum Gasteiger partial charge on any atom is -0.385 e. The van der Waals surface area contributed by atoms with E-state index in [2.05, 4.69) is 19.2 Å². The lowest BCUT2D eigenvalue weighted by atomic mass is 9.94. The fraction of sp³-hybridized carbons (Fsp3) is 0.800. The summed E-state index contributed by atoms with van der Waals surface area (Å²) >= 11 is 0. The van der Waals surface area contributed by atoms with Gasteiger partial charge in [-0.05, 0) is 18.8 Å². The standard InChI is InChI=1S/C15H27NO/c1-11(2)14(10-15(17)12(3)4)16-13-8-6-5-7-9-13/h10-13,16H,5-9H2,1-4H3/b14-10-. The zero-order valence-corrected chi connectivity index (χ0v) is 11.8. The van der Waals surface area contributed by atoms with Gasteiger partial charge in [-0.2, -0.15) is 0 Å². The van der Waals surface area contributed by atoms with E-state index in [1.165, 1.54) is 32.1 Å². The highest BCUT2D eigenvalue weighted by atomic mass is 16.1. The van der Waals surface area contributed by atoms with Crippen molar-refractivity contribution in [2.45, 2.75) is 65.8 Å². The van der Waals surface area contributed by atoms with E-state index < -0.39 is 0 Å². The van der Waals surface area contributed by atoms with Gasteiger partial charge in [-0.3, -0.25) is 4.79 Å². The molecule has 0 aromatic heterocycles. The van der Waals surface area contributed by atoms with Gasteiger partial charge in [0, 0.05) is 23.7 Å². The Hall–Kier alpha value is -0.790. The normalized spacial score (nSPS) is 18.8. The van der Waals surface area contributed by atoms with Crippen LogP contribution in [0.3, 0.4) is 0 Å². The molecular weight excluding hydrogens is 210 g/mol. The van der Waals surface area contributed by atoms with Gasteiger partial charge in [-0.1, -0.05) is 47.0 Å². The molecule has 0 radical (unpaired) electrons. The fourth-order valence-corrected chi connectivity index (χ4v) is 2.18. The van der Waals surface area contributed by atoms with Gasteiger partial charge in [0.05, 0.1) is 0 Å². The Bertz CT molecular complexity index is 273. The zero-order valence-electron chi connectivity index (χ0n) is 11.8. The van der Waals surface area contributed by atoms with Crippen LogP contribution in [0.2, 0.25) is 0 Å². The molecule has 0 spiro atoms. The fourth-order valence-electron chi connectivity index (χ4n) is 2.18. The number of hydrogen-bond acceptors (Lipinski definition) is 2. The predicted octanol–water partition coefficient (Wildman–Crippen LogP) is 3.67. The van der Waals surface area contributed by atoms with Crippen LogP contribution in [0.15, 0.2) is 11.8 Å². The first kappa shape index (κ1) is 14.3. The molecule has 1 aliphatic rings. The summed E-state index contributed by atoms with van der Waals surface area (Å²) in [6.45, 7) is 8.21. The number of hydrogen-bond donors (Lipinski definition) is 1. The average Bonchev–Trinajstić information content (AvgIpc) is 2.29. The van der Waals surface area contributed by atoms with Gasteiger partial charge in [-0.15, -0.1) is 0 Å². The molecule has 0 saturated heterocycles. The Morgan fingerprint density at radius 1 is 1.06 bits per heavy atom. The third-order valence-corrected chi connectivity index (χ3v) is 3.46. The van der Waals surface area contributed by atoms with Crippen LogP contribution in [-0.2, 0) is 4.79 Å². The Labute approximate surface area is 106 Å². The van der Waals surface area contributed by atoms with Gasteiger partial charge in [0.2, 0.25) is 0 Å². The van der Waals surface area contributed by atoms with Gasteiger partial charge < -0.3 is 5.32 Å². The van der Waals surface area contributed by atoms with Gasteiger partial charge in [-0.25, -0.2) is 0 Å². The summed E-state index contributed by atoms with van der Waals surface area (Å²) in [7, 11) is 0. The summed E-state index contributed by atoms with van der Waals surface area (Å²) in [6.07, 6.45) is 8.33. The van der Waals surface area contributed by atoms with E-state index in [0.717, 1.165) is 5.70 Å². The molecular formula is C15H27NO. The molecule has 0 aromatic carbocycles. The summed E-state index contributed by atoms with van der Waals surface area (Å²) in [5.74, 6) is 0.730. The minimum atomic E-state index is 0.0944. The monoisotopic (exact) mass is 237 g/mol. The first-order valence-electron chi connectivity index (χ1n) is 7.02. The van der Waals surface area contributed by atoms with Gasteiger partial charge in [0.25, 0.3) is 0 Å². The topological polar surface area (TPSA) is 29.1 Å². The highest BCUT2D eigenvalue weighted by Gasteiger charge is 2.16. The average molecular weight is 237 g/mol. The quantitative estimate of drug-likeness (QED) is 0.739. The molecule has 1 aliphatic carbocycles. The minimum absolute atomic E-state index is 0.0944. The lowest BCUT2D eigenvalue weighted by molar-refractivity contribution is -0.117. The highest BCUT2D eigenvalue weighted by molar-refractivity contribution is 5.91. The van der Waals surface area contributed by atoms with Gasteiger partial charge >= 0.3 is 0 Å². The van der Waals surface area contributed by atoms with Crippen molar-refractivity contribution in [2.75, 3.05) is 0 Å². The summed E-state index contributed by atoms with van der Waals surface area (Å²) < 4.78 is 0. The number of nitrogens with one attached hydrogen (secondary N) is 1. The summed E-state index contributed by atoms with van der Waals surface area (Å²) in [4.78, 5) is 11.8. The highest BCUT2D eigenvalue weighted by Crippen LogP contribution is 2.20. The van der Waals surface area contributed by atoms with Crippen molar-refractivity contribution in [1.82, 2.24) is 5.32 Å². The molecule has 2 heteroatoms. The Morgan fingerprint density at radius 2 is 1.65 bits per heavy atom. The van der Waals surface area contributed by atoms with Crippen molar-refractivity contribution in [2.24, 2.45) is 11.8 Å². The molecule has 1 rings (SSSR count). The second kappa shape index (κ2) is 6.83. The molecule has 0 bridgehead atoms. The zero-order chi connectivity index (χ0) is 12.8. The van der Waals surface area contributed by atoms with Crippen molar-refractivity contribution < 1.29 is 4.79 Å². The molecule has 0 amide bonds. The van der Waals surface area contributed by atoms with Crippen molar-refractivity contribution in [3.63, 3.8) is 0 Å². The maximum Gasteiger partial charge on any atom is 0.159 e. The van der Waals surface area contributed by atoms with Crippen molar-refractivity contribution in [1.29, 1.82) is 0 Å². The largest absolute Gasteiger partial charge is 0.385 e. The van der Waals surface area contributed by atoms with E-state index in [-0.39, 0.29) is 11.7 Å². The maximum atomic E-state index is 11.8. The van der Waals surface area contributed by atoms with Gasteiger partial charge in [0.15, 0.2) is 5.78 Å². The number of allylic oxidation sites excluding steroid dienone is 2. The Morgan fingerprint density at radius 3 is 2.12 bits per heavy atom. The molecule has 0 aliphatic heterocycles. The molecule has 98 valence electrons. The van der Waals surface area contributed by atoms with Crippen LogP contribution in [0.1, 0.15) is 59.8 Å². The van der Waals surface area contributed by atoms with E-state index in [9.17, 15) is 4.79 Å². The van der Waals surface area contributed by atoms with Gasteiger partial charge in [0.1, 0.15) is 0 Å². The van der Waals surface area contributed by atoms with Crippen molar-refractivity contribution >= 4 is 5.78 Å². The van der Waals surface area contributed by atoms with E-state index in [1.807, 2.05) is 19.9 Å². The first-order chi connectivity index (χ1) is 8.00. The second-order valence-electron chi connectivity index (χ2n) is 5.79. The van der Waals surface area contributed by atoms with Crippen LogP contribution in [0.5, 0.6) is 0 Å². The van der Waals surface area contributed by atoms with E-state index >= 15 is 0 Å². The van der Waals surface area contributed by atoms with Crippen molar-refractivity contribution in [3.05, 3.63) is 11.8 Å². The number of carbonyl (C=O) groups is 1. The van der Waals surface area contributed by atoms with Crippen LogP contribution < -0.4 is 5.32 Å². The molecule has 1 fully saturated rings. The molecule has 17 heavy (non-hydrogen) atoms. The molecule has 0 atom stereocenters. The van der Waals surface area contributed by atoms with E-state index in [4.69, 9.17) is 0 Å². The number of carbonyl (C=O) groups excluding carboxylic acids is 1. The van der Waals surface area contributed by atoms with E-state index in [0.29, 0.717) is 12.0 Å². The maximum absolute atomic E-state index is 11.8. The summed E-state index contributed by atoms with van der Waals surface area (Å²) in [5.41, 5.74) is 1.12. The number of rotatable bonds is 5. The summed E-state index contributed by atoms with van der Waals surface area (Å²) in [5, 5.41) is 3.58. The molecule has 2 nitrogen and oxygen atoms in total. The molecule has 1 N–H and O–H groups in total. The smallest absolute Gasteiger partial charge is 0.159 e. The number of ketones is 1. The first-order valence-corrected chi connectivity index (χ1v) is 7.02. The second-order valence-corrected chi connectivity index (χ2v) is 5.79. The molecule has 0 unspecified atom stereocenters. The van der Waals surface area contributed by atoms with Crippen LogP contribution in [-0.4, -0.2) is 11.8 Å². The van der Waals surface area contributed by atoms with Crippen LogP contribution in [0.25, 0.3) is 0 Å². The van der Waals surface area contributed by atoms with Crippen LogP contribution >= 0.6 is 0 Å². The van der Waals surface area contributed by atoms with Crippen LogP contribution in [0, 0.1) is 11.8 Å². The van der Waals surface area contributed by atoms with Crippen molar-refractivity contribution in [3.8, 4) is 0 Å². The predicted molar refractivity (Wildman–Crippen MR) is 72.8 cm³/mol. The third-order valence-electron chi connectivity index (χ3n) is 3.46. The summed E-state index contributed by atoms with van der Waals surface area (Å²) in [6, 6.07) is 0.581. The SMILES string of the molecule is CC(C)C(=O)/C=C(\NC1CCCCC1)C(C)C. The molecule has 1 saturated carbocycles. The molecule has 0 aromatic rings. The van der Waals surface area contributed by atoms with Crippen LogP contribution in [0.4, 0.5) is 0 Å².